The van der Waals surface area contributed by atoms with E-state index in [2.05, 4.69) is 136 Å². The molecular weight excluding hydrogens is 767 g/mol. The molecule has 0 nitrogen and oxygen atoms in total. The first-order valence-corrected chi connectivity index (χ1v) is 28.0. The van der Waals surface area contributed by atoms with Gasteiger partial charge in [0.1, 0.15) is 0 Å². The number of benzene rings is 4. The number of hydrogen-bond acceptors (Lipinski definition) is 0. The van der Waals surface area contributed by atoms with Gasteiger partial charge in [-0.05, 0) is 72.6 Å². The van der Waals surface area contributed by atoms with Crippen LogP contribution in [0, 0.1) is 0 Å². The van der Waals surface area contributed by atoms with E-state index in [0.717, 1.165) is 34.2 Å². The van der Waals surface area contributed by atoms with Gasteiger partial charge in [0.15, 0.2) is 0 Å². The van der Waals surface area contributed by atoms with E-state index in [0.29, 0.717) is 0 Å². The SMILES string of the molecule is CCc1cc2c(-c3ccc(C4CCCCC4)cc3)cccc2[cH-]1.CCc1cc2c(-c3ccc(C4CCCCC4)cc3)cccc2[cH-]1.C[Si]C.[Cl][Zr+2][Cl]. The van der Waals surface area contributed by atoms with E-state index in [9.17, 15) is 0 Å². The third-order valence-electron chi connectivity index (χ3n) is 11.0. The predicted molar refractivity (Wildman–Crippen MR) is 230 cm³/mol. The number of aryl methyl sites for hydroxylation is 2. The van der Waals surface area contributed by atoms with Crippen LogP contribution < -0.4 is 0 Å². The molecule has 0 spiro atoms. The Morgan fingerprint density at radius 3 is 1.23 bits per heavy atom. The summed E-state index contributed by atoms with van der Waals surface area (Å²) in [4.78, 5) is 0. The van der Waals surface area contributed by atoms with Gasteiger partial charge in [0, 0.05) is 9.52 Å². The van der Waals surface area contributed by atoms with Crippen LogP contribution in [-0.2, 0) is 33.7 Å². The Morgan fingerprint density at radius 2 is 0.904 bits per heavy atom. The zero-order chi connectivity index (χ0) is 36.7. The number of hydrogen-bond donors (Lipinski definition) is 0. The van der Waals surface area contributed by atoms with Crippen molar-refractivity contribution in [1.82, 2.24) is 0 Å². The molecule has 2 aliphatic rings. The predicted octanol–water partition coefficient (Wildman–Crippen LogP) is 15.8. The fourth-order valence-corrected chi connectivity index (χ4v) is 8.25. The van der Waals surface area contributed by atoms with E-state index >= 15 is 0 Å². The molecular formula is C48H56Cl2SiZr. The monoisotopic (exact) mass is 820 g/mol. The topological polar surface area (TPSA) is 0 Å². The van der Waals surface area contributed by atoms with Crippen molar-refractivity contribution in [2.24, 2.45) is 0 Å². The van der Waals surface area contributed by atoms with Crippen LogP contribution in [0.3, 0.4) is 0 Å². The van der Waals surface area contributed by atoms with Gasteiger partial charge in [0.05, 0.1) is 0 Å². The average molecular weight is 823 g/mol. The van der Waals surface area contributed by atoms with Crippen LogP contribution in [-0.4, -0.2) is 9.52 Å². The van der Waals surface area contributed by atoms with Crippen LogP contribution in [0.2, 0.25) is 13.1 Å². The molecule has 8 rings (SSSR count). The normalized spacial score (nSPS) is 14.7. The zero-order valence-electron chi connectivity index (χ0n) is 31.8. The Balaban J connectivity index is 0.000000175. The van der Waals surface area contributed by atoms with Crippen molar-refractivity contribution in [1.29, 1.82) is 0 Å². The van der Waals surface area contributed by atoms with Gasteiger partial charge in [-0.3, -0.25) is 0 Å². The minimum atomic E-state index is -0.826. The average Bonchev–Trinajstić information content (AvgIpc) is 3.84. The van der Waals surface area contributed by atoms with Crippen LogP contribution in [0.1, 0.15) is 112 Å². The van der Waals surface area contributed by atoms with E-state index < -0.39 is 20.8 Å². The first kappa shape index (κ1) is 41.0. The number of halogens is 2. The maximum absolute atomic E-state index is 4.93. The molecule has 0 unspecified atom stereocenters. The molecule has 0 heterocycles. The third-order valence-corrected chi connectivity index (χ3v) is 11.0. The van der Waals surface area contributed by atoms with Gasteiger partial charge in [-0.15, -0.1) is 69.1 Å². The molecule has 270 valence electrons. The van der Waals surface area contributed by atoms with Crippen LogP contribution in [0.15, 0.2) is 109 Å². The molecule has 0 amide bonds. The van der Waals surface area contributed by atoms with E-state index in [1.54, 1.807) is 0 Å². The van der Waals surface area contributed by atoms with Crippen molar-refractivity contribution < 1.29 is 20.8 Å². The first-order chi connectivity index (χ1) is 25.5. The van der Waals surface area contributed by atoms with Crippen molar-refractivity contribution in [3.05, 3.63) is 131 Å². The summed E-state index contributed by atoms with van der Waals surface area (Å²) in [5, 5.41) is 5.54. The summed E-state index contributed by atoms with van der Waals surface area (Å²) in [5.74, 6) is 1.58. The van der Waals surface area contributed by atoms with Crippen molar-refractivity contribution in [3.63, 3.8) is 0 Å². The van der Waals surface area contributed by atoms with Crippen LogP contribution in [0.4, 0.5) is 0 Å². The Morgan fingerprint density at radius 1 is 0.558 bits per heavy atom. The van der Waals surface area contributed by atoms with Crippen LogP contribution in [0.25, 0.3) is 43.8 Å². The van der Waals surface area contributed by atoms with Gasteiger partial charge in [-0.2, -0.15) is 12.1 Å². The molecule has 2 aliphatic carbocycles. The maximum atomic E-state index is 4.93. The quantitative estimate of drug-likeness (QED) is 0.116. The van der Waals surface area contributed by atoms with Gasteiger partial charge < -0.3 is 0 Å². The molecule has 2 radical (unpaired) electrons. The number of rotatable bonds is 6. The van der Waals surface area contributed by atoms with Gasteiger partial charge in [0.2, 0.25) is 0 Å². The first-order valence-electron chi connectivity index (χ1n) is 19.6. The summed E-state index contributed by atoms with van der Waals surface area (Å²) < 4.78 is 0. The second kappa shape index (κ2) is 21.6. The fourth-order valence-electron chi connectivity index (χ4n) is 8.25. The van der Waals surface area contributed by atoms with Gasteiger partial charge in [0.25, 0.3) is 0 Å². The molecule has 0 N–H and O–H groups in total. The van der Waals surface area contributed by atoms with Crippen LogP contribution >= 0.6 is 17.0 Å². The van der Waals surface area contributed by atoms with E-state index in [4.69, 9.17) is 17.0 Å². The van der Waals surface area contributed by atoms with Gasteiger partial charge in [-0.1, -0.05) is 137 Å². The molecule has 2 saturated carbocycles. The van der Waals surface area contributed by atoms with E-state index in [1.165, 1.54) is 130 Å². The van der Waals surface area contributed by atoms with E-state index in [1.807, 2.05) is 0 Å². The molecule has 0 aromatic heterocycles. The Kier molecular flexibility index (Phi) is 17.0. The number of fused-ring (bicyclic) bond motifs is 2. The molecule has 52 heavy (non-hydrogen) atoms. The molecule has 6 aromatic rings. The summed E-state index contributed by atoms with van der Waals surface area (Å²) in [6.07, 6.45) is 16.2. The minimum absolute atomic E-state index is 0.791. The van der Waals surface area contributed by atoms with Crippen molar-refractivity contribution >= 4 is 48.1 Å². The molecule has 0 atom stereocenters. The van der Waals surface area contributed by atoms with E-state index in [-0.39, 0.29) is 0 Å². The van der Waals surface area contributed by atoms with Gasteiger partial charge in [-0.25, -0.2) is 0 Å². The molecule has 0 bridgehead atoms. The van der Waals surface area contributed by atoms with Crippen molar-refractivity contribution in [2.45, 2.75) is 116 Å². The molecule has 0 aliphatic heterocycles. The second-order valence-corrected chi connectivity index (χ2v) is 19.3. The van der Waals surface area contributed by atoms with Crippen LogP contribution in [0.5, 0.6) is 0 Å². The summed E-state index contributed by atoms with van der Waals surface area (Å²) in [5.41, 5.74) is 11.4. The Labute approximate surface area is 335 Å². The summed E-state index contributed by atoms with van der Waals surface area (Å²) >= 11 is -0.826. The Hall–Kier alpha value is -2.22. The van der Waals surface area contributed by atoms with Crippen molar-refractivity contribution in [3.8, 4) is 22.3 Å². The fraction of sp³-hybridized carbons (Fsp3) is 0.375. The zero-order valence-corrected chi connectivity index (χ0v) is 36.8. The standard InChI is InChI=1S/2C23H25.C2H6Si.2ClH.Zr/c2*1-2-17-15-21-9-6-10-22(23(21)16-17)20-13-11-19(12-14-20)18-7-4-3-5-8-18;1-3-2;;;/h2*6,9-16,18H,2-5,7-8H2,1H3;1-2H3;2*1H;/q2*-1;;;;+4/p-2. The summed E-state index contributed by atoms with van der Waals surface area (Å²) in [7, 11) is 11.0. The molecule has 6 aromatic carbocycles. The third kappa shape index (κ3) is 10.9. The van der Waals surface area contributed by atoms with Crippen molar-refractivity contribution in [2.75, 3.05) is 0 Å². The molecule has 4 heteroatoms. The summed E-state index contributed by atoms with van der Waals surface area (Å²) in [6.45, 7) is 8.76. The molecule has 0 saturated heterocycles. The summed E-state index contributed by atoms with van der Waals surface area (Å²) in [6, 6.07) is 41.5. The van der Waals surface area contributed by atoms with Gasteiger partial charge >= 0.3 is 37.9 Å². The Bertz CT molecular complexity index is 1760. The molecule has 2 fully saturated rings. The second-order valence-electron chi connectivity index (χ2n) is 14.5.